The minimum Gasteiger partial charge on any atom is -0.382 e. The number of anilines is 1. The van der Waals surface area contributed by atoms with Crippen molar-refractivity contribution < 1.29 is 60.6 Å². The fraction of sp³-hybridized carbons (Fsp3) is 0.667. The van der Waals surface area contributed by atoms with Crippen LogP contribution in [-0.2, 0) is 41.1 Å². The van der Waals surface area contributed by atoms with Gasteiger partial charge in [0.25, 0.3) is 0 Å². The molecule has 0 spiro atoms. The number of rotatable bonds is 17. The summed E-state index contributed by atoms with van der Waals surface area (Å²) in [5, 5.41) is 3.22. The maximum absolute atomic E-state index is 12.6. The molecule has 2 rings (SSSR count). The van der Waals surface area contributed by atoms with E-state index in [9.17, 15) is 28.3 Å². The first-order valence-corrected chi connectivity index (χ1v) is 18.7. The first-order chi connectivity index (χ1) is 20.4. The van der Waals surface area contributed by atoms with Gasteiger partial charge in [-0.2, -0.15) is 13.6 Å². The Morgan fingerprint density at radius 1 is 1.27 bits per heavy atom. The van der Waals surface area contributed by atoms with Crippen molar-refractivity contribution in [2.45, 2.75) is 43.5 Å². The van der Waals surface area contributed by atoms with Crippen LogP contribution >= 0.6 is 45.1 Å². The smallest absolute Gasteiger partial charge is 0.382 e. The van der Waals surface area contributed by atoms with E-state index in [-0.39, 0.29) is 29.2 Å². The van der Waals surface area contributed by atoms with Gasteiger partial charge in [0.05, 0.1) is 18.3 Å². The third-order valence-corrected chi connectivity index (χ3v) is 11.8. The Morgan fingerprint density at radius 3 is 2.61 bits per heavy atom. The van der Waals surface area contributed by atoms with Crippen LogP contribution in [-0.4, -0.2) is 78.5 Å². The number of ether oxygens (including phenoxy) is 3. The van der Waals surface area contributed by atoms with Crippen molar-refractivity contribution in [3.8, 4) is 11.8 Å². The number of nitrogens with two attached hydrogens (primary N) is 2. The Bertz CT molecular complexity index is 1460. The topological polar surface area (TPSA) is 323 Å². The molecule has 1 aromatic heterocycles. The van der Waals surface area contributed by atoms with E-state index in [4.69, 9.17) is 41.0 Å². The third kappa shape index (κ3) is 13.9. The van der Waals surface area contributed by atoms with Crippen molar-refractivity contribution in [3.63, 3.8) is 0 Å². The highest BCUT2D eigenvalue weighted by atomic mass is 33.1. The Kier molecular flexibility index (Phi) is 14.8. The third-order valence-electron chi connectivity index (χ3n) is 5.00. The molecular formula is C18H30N7O14P3S2. The lowest BCUT2D eigenvalue weighted by Gasteiger charge is -2.21. The normalized spacial score (nSPS) is 21.5. The van der Waals surface area contributed by atoms with Crippen molar-refractivity contribution in [1.29, 1.82) is 0 Å². The quantitative estimate of drug-likeness (QED) is 0.0194. The maximum atomic E-state index is 12.6. The summed E-state index contributed by atoms with van der Waals surface area (Å²) in [5.41, 5.74) is 19.3. The largest absolute Gasteiger partial charge is 0.490 e. The number of hydrogen-bond acceptors (Lipinski definition) is 16. The molecule has 8 N–H and O–H groups in total. The number of nitrogen functional groups attached to an aromatic ring is 1. The second kappa shape index (κ2) is 16.9. The Balaban J connectivity index is 2.13. The zero-order chi connectivity index (χ0) is 33.2. The van der Waals surface area contributed by atoms with Gasteiger partial charge in [-0.05, 0) is 19.4 Å². The molecule has 0 saturated carbocycles. The van der Waals surface area contributed by atoms with Crippen LogP contribution in [0.15, 0.2) is 16.1 Å². The van der Waals surface area contributed by atoms with Crippen molar-refractivity contribution in [2.75, 3.05) is 38.2 Å². The van der Waals surface area contributed by atoms with Gasteiger partial charge in [0.2, 0.25) is 0 Å². The number of aromatic nitrogens is 2. The van der Waals surface area contributed by atoms with Gasteiger partial charge in [-0.25, -0.2) is 18.5 Å². The van der Waals surface area contributed by atoms with Crippen LogP contribution in [0.3, 0.4) is 0 Å². The highest BCUT2D eigenvalue weighted by molar-refractivity contribution is 8.77. The highest BCUT2D eigenvalue weighted by Gasteiger charge is 2.43. The maximum Gasteiger partial charge on any atom is 0.490 e. The van der Waals surface area contributed by atoms with Crippen LogP contribution in [0, 0.1) is 11.8 Å². The summed E-state index contributed by atoms with van der Waals surface area (Å²) in [5.74, 6) is 5.66. The fourth-order valence-electron chi connectivity index (χ4n) is 3.08. The van der Waals surface area contributed by atoms with Gasteiger partial charge >= 0.3 is 29.2 Å². The van der Waals surface area contributed by atoms with Gasteiger partial charge in [-0.1, -0.05) is 38.5 Å². The predicted molar refractivity (Wildman–Crippen MR) is 156 cm³/mol. The number of hydrogen-bond donors (Lipinski definition) is 6. The van der Waals surface area contributed by atoms with Gasteiger partial charge in [0.1, 0.15) is 37.4 Å². The van der Waals surface area contributed by atoms with Crippen LogP contribution in [0.25, 0.3) is 10.4 Å². The molecule has 1 saturated heterocycles. The van der Waals surface area contributed by atoms with Crippen LogP contribution in [0.2, 0.25) is 0 Å². The molecule has 248 valence electrons. The molecule has 0 amide bonds. The average Bonchev–Trinajstić information content (AvgIpc) is 3.28. The first-order valence-electron chi connectivity index (χ1n) is 11.9. The molecule has 3 unspecified atom stereocenters. The Labute approximate surface area is 257 Å². The molecule has 0 aromatic carbocycles. The van der Waals surface area contributed by atoms with Crippen molar-refractivity contribution >= 4 is 50.9 Å². The summed E-state index contributed by atoms with van der Waals surface area (Å²) < 4.78 is 63.9. The standard InChI is InChI=1S/C18H30N7O14P3S2/c1-18(2,9-19)44-43-11-34-5-3-4-12-7-25(17(26)23-16(12)20)15-6-13(35-10-22-24-21)14(37-15)8-36-41(30,31)39-42(32,33)38-40(27,28)29/h7,13-15H,5-6,8-11,19H2,1-2H3,(H,30,31)(H,32,33)(H2,20,23,26)(H2,27,28,29)/t13?,14-,15-/m1/s1. The summed E-state index contributed by atoms with van der Waals surface area (Å²) >= 11 is 0. The fourth-order valence-corrected chi connectivity index (χ4v) is 8.21. The lowest BCUT2D eigenvalue weighted by atomic mass is 10.2. The van der Waals surface area contributed by atoms with E-state index in [2.05, 4.69) is 40.0 Å². The monoisotopic (exact) mass is 725 g/mol. The molecule has 1 aromatic rings. The molecule has 0 radical (unpaired) electrons. The zero-order valence-electron chi connectivity index (χ0n) is 23.0. The van der Waals surface area contributed by atoms with Crippen molar-refractivity contribution in [2.24, 2.45) is 10.8 Å². The molecular weight excluding hydrogens is 695 g/mol. The van der Waals surface area contributed by atoms with Gasteiger partial charge in [0, 0.05) is 28.8 Å². The summed E-state index contributed by atoms with van der Waals surface area (Å²) in [6.45, 7) is 3.11. The predicted octanol–water partition coefficient (Wildman–Crippen LogP) is 1.55. The second-order valence-corrected chi connectivity index (χ2v) is 16.3. The second-order valence-electron chi connectivity index (χ2n) is 8.98. The van der Waals surface area contributed by atoms with Gasteiger partial charge in [0.15, 0.2) is 0 Å². The molecule has 44 heavy (non-hydrogen) atoms. The van der Waals surface area contributed by atoms with E-state index in [0.717, 1.165) is 4.57 Å². The van der Waals surface area contributed by atoms with Crippen LogP contribution in [0.5, 0.6) is 0 Å². The molecule has 1 aliphatic heterocycles. The van der Waals surface area contributed by atoms with E-state index < -0.39 is 60.9 Å². The van der Waals surface area contributed by atoms with E-state index in [1.807, 2.05) is 13.8 Å². The summed E-state index contributed by atoms with van der Waals surface area (Å²) in [6.07, 6.45) is -2.35. The lowest BCUT2D eigenvalue weighted by Crippen LogP contribution is -2.29. The van der Waals surface area contributed by atoms with Gasteiger partial charge in [-0.15, -0.1) is 0 Å². The highest BCUT2D eigenvalue weighted by Crippen LogP contribution is 2.66. The molecule has 1 fully saturated rings. The number of nitrogens with zero attached hydrogens (tertiary/aromatic N) is 5. The Morgan fingerprint density at radius 2 is 1.98 bits per heavy atom. The van der Waals surface area contributed by atoms with Gasteiger partial charge < -0.3 is 45.3 Å². The van der Waals surface area contributed by atoms with E-state index in [1.54, 1.807) is 10.8 Å². The van der Waals surface area contributed by atoms with Crippen molar-refractivity contribution in [1.82, 2.24) is 9.55 Å². The lowest BCUT2D eigenvalue weighted by molar-refractivity contribution is -0.0601. The first kappa shape index (κ1) is 38.7. The minimum atomic E-state index is -5.76. The molecule has 1 aliphatic rings. The zero-order valence-corrected chi connectivity index (χ0v) is 27.3. The molecule has 21 nitrogen and oxygen atoms in total. The van der Waals surface area contributed by atoms with Crippen molar-refractivity contribution in [3.05, 3.63) is 32.7 Å². The average molecular weight is 726 g/mol. The number of azide groups is 1. The molecule has 5 atom stereocenters. The van der Waals surface area contributed by atoms with Crippen LogP contribution in [0.4, 0.5) is 5.82 Å². The number of phosphoric acid groups is 3. The number of phosphoric ester groups is 1. The van der Waals surface area contributed by atoms with Gasteiger partial charge in [-0.3, -0.25) is 9.09 Å². The molecule has 0 bridgehead atoms. The van der Waals surface area contributed by atoms with E-state index >= 15 is 0 Å². The molecule has 26 heteroatoms. The summed E-state index contributed by atoms with van der Waals surface area (Å²) in [7, 11) is -13.8. The Hall–Kier alpha value is -1.50. The van der Waals surface area contributed by atoms with Crippen LogP contribution in [0.1, 0.15) is 32.1 Å². The molecule has 2 heterocycles. The van der Waals surface area contributed by atoms with E-state index in [1.165, 1.54) is 17.0 Å². The molecule has 0 aliphatic carbocycles. The van der Waals surface area contributed by atoms with E-state index in [0.29, 0.717) is 12.5 Å². The minimum absolute atomic E-state index is 0.0348. The van der Waals surface area contributed by atoms with Crippen LogP contribution < -0.4 is 17.2 Å². The SMILES string of the molecule is CC(C)(CN)SSCOCC#Cc1cn([C@H]2CC(OCN=[N+]=[N-])[C@@H](COP(=O)(O)OP(=O)(O)OP(=O)(O)O)O2)c(=O)nc1N. The summed E-state index contributed by atoms with van der Waals surface area (Å²) in [4.78, 5) is 55.3. The summed E-state index contributed by atoms with van der Waals surface area (Å²) in [6, 6.07) is 0.